The Morgan fingerprint density at radius 3 is 1.50 bits per heavy atom. The van der Waals surface area contributed by atoms with Gasteiger partial charge in [0.25, 0.3) is 0 Å². The van der Waals surface area contributed by atoms with Crippen LogP contribution in [0.5, 0.6) is 0 Å². The number of hydrogen-bond acceptors (Lipinski definition) is 5. The summed E-state index contributed by atoms with van der Waals surface area (Å²) in [4.78, 5) is 11.6. The lowest BCUT2D eigenvalue weighted by Crippen LogP contribution is -2.27. The molecule has 0 bridgehead atoms. The lowest BCUT2D eigenvalue weighted by Gasteiger charge is -2.25. The molecule has 0 aromatic rings. The van der Waals surface area contributed by atoms with E-state index in [0.717, 1.165) is 25.7 Å². The van der Waals surface area contributed by atoms with Crippen LogP contribution < -0.4 is 0 Å². The number of carbonyl (C=O) groups is 1. The van der Waals surface area contributed by atoms with Gasteiger partial charge in [0.15, 0.2) is 0 Å². The van der Waals surface area contributed by atoms with Crippen LogP contribution in [-0.4, -0.2) is 28.9 Å². The zero-order valence-corrected chi connectivity index (χ0v) is 13.4. The van der Waals surface area contributed by atoms with E-state index in [2.05, 4.69) is 0 Å². The first-order valence-corrected chi connectivity index (χ1v) is 8.87. The molecule has 0 radical (unpaired) electrons. The van der Waals surface area contributed by atoms with Crippen molar-refractivity contribution in [1.82, 2.24) is 0 Å². The molecule has 2 fully saturated rings. The second kappa shape index (κ2) is 9.36. The summed E-state index contributed by atoms with van der Waals surface area (Å²) in [6.07, 6.45) is 9.28. The van der Waals surface area contributed by atoms with E-state index in [4.69, 9.17) is 9.47 Å². The van der Waals surface area contributed by atoms with Crippen molar-refractivity contribution in [2.75, 3.05) is 0 Å². The molecule has 0 heterocycles. The normalized spacial score (nSPS) is 23.7. The van der Waals surface area contributed by atoms with E-state index in [1.165, 1.54) is 38.5 Å². The van der Waals surface area contributed by atoms with Crippen molar-refractivity contribution in [3.63, 3.8) is 0 Å². The Morgan fingerprint density at radius 2 is 1.14 bits per heavy atom. The maximum absolute atomic E-state index is 11.6. The quantitative estimate of drug-likeness (QED) is 0.577. The monoisotopic (exact) mass is 314 g/mol. The van der Waals surface area contributed by atoms with Crippen molar-refractivity contribution in [1.29, 1.82) is 0 Å². The Morgan fingerprint density at radius 1 is 0.773 bits per heavy atom. The Kier molecular flexibility index (Phi) is 7.46. The second-order valence-corrected chi connectivity index (χ2v) is 6.87. The lowest BCUT2D eigenvalue weighted by atomic mass is 9.87. The summed E-state index contributed by atoms with van der Waals surface area (Å²) < 4.78 is 9.69. The summed E-state index contributed by atoms with van der Waals surface area (Å²) in [5.41, 5.74) is 0. The Hall–Kier alpha value is -0.810. The van der Waals surface area contributed by atoms with Gasteiger partial charge in [-0.05, 0) is 11.8 Å². The largest absolute Gasteiger partial charge is 0.512 e. The van der Waals surface area contributed by atoms with E-state index >= 15 is 0 Å². The van der Waals surface area contributed by atoms with Crippen molar-refractivity contribution in [2.45, 2.75) is 89.6 Å². The zero-order chi connectivity index (χ0) is 15.8. The van der Waals surface area contributed by atoms with Crippen LogP contribution in [0.15, 0.2) is 0 Å². The molecule has 128 valence electrons. The predicted octanol–water partition coefficient (Wildman–Crippen LogP) is 3.72. The highest BCUT2D eigenvalue weighted by Gasteiger charge is 2.24. The van der Waals surface area contributed by atoms with Gasteiger partial charge in [-0.15, -0.1) is 0 Å². The van der Waals surface area contributed by atoms with Gasteiger partial charge >= 0.3 is 6.16 Å². The van der Waals surface area contributed by atoms with Crippen LogP contribution in [-0.2, 0) is 9.47 Å². The molecule has 0 amide bonds. The highest BCUT2D eigenvalue weighted by atomic mass is 16.8. The molecule has 5 nitrogen and oxygen atoms in total. The Bertz CT molecular complexity index is 291. The Labute approximate surface area is 133 Å². The minimum atomic E-state index is -1.13. The number of carbonyl (C=O) groups excluding carboxylic acids is 1. The molecule has 2 rings (SSSR count). The molecule has 2 aliphatic rings. The van der Waals surface area contributed by atoms with E-state index in [1.54, 1.807) is 0 Å². The first kappa shape index (κ1) is 17.5. The second-order valence-electron chi connectivity index (χ2n) is 6.87. The molecule has 0 aromatic heterocycles. The number of aliphatic hydroxyl groups is 2. The minimum absolute atomic E-state index is 0.420. The van der Waals surface area contributed by atoms with Gasteiger partial charge in [-0.1, -0.05) is 64.2 Å². The first-order valence-electron chi connectivity index (χ1n) is 8.87. The van der Waals surface area contributed by atoms with Crippen LogP contribution in [0.4, 0.5) is 4.79 Å². The topological polar surface area (TPSA) is 76.0 Å². The van der Waals surface area contributed by atoms with Crippen LogP contribution in [0.3, 0.4) is 0 Å². The molecular weight excluding hydrogens is 284 g/mol. The van der Waals surface area contributed by atoms with Gasteiger partial charge in [0, 0.05) is 12.8 Å². The fraction of sp³-hybridized carbons (Fsp3) is 0.941. The number of rotatable bonds is 6. The van der Waals surface area contributed by atoms with Gasteiger partial charge in [-0.2, -0.15) is 0 Å². The standard InChI is InChI=1S/C17H30O5/c18-15(11-13-7-3-1-4-8-13)21-17(20)22-16(19)12-14-9-5-2-6-10-14/h13-16,18-19H,1-12H2. The third-order valence-electron chi connectivity index (χ3n) is 4.98. The molecule has 5 heteroatoms. The van der Waals surface area contributed by atoms with Crippen LogP contribution in [0.1, 0.15) is 77.0 Å². The van der Waals surface area contributed by atoms with E-state index < -0.39 is 18.7 Å². The fourth-order valence-corrected chi connectivity index (χ4v) is 3.76. The van der Waals surface area contributed by atoms with Gasteiger partial charge in [-0.25, -0.2) is 4.79 Å². The van der Waals surface area contributed by atoms with Gasteiger partial charge < -0.3 is 19.7 Å². The lowest BCUT2D eigenvalue weighted by molar-refractivity contribution is -0.137. The van der Waals surface area contributed by atoms with Crippen molar-refractivity contribution in [2.24, 2.45) is 11.8 Å². The molecule has 0 aromatic carbocycles. The summed E-state index contributed by atoms with van der Waals surface area (Å²) in [5.74, 6) is 0.840. The minimum Gasteiger partial charge on any atom is -0.404 e. The SMILES string of the molecule is O=C(OC(O)CC1CCCCC1)OC(O)CC1CCCCC1. The third kappa shape index (κ3) is 6.53. The van der Waals surface area contributed by atoms with Crippen molar-refractivity contribution in [3.05, 3.63) is 0 Å². The highest BCUT2D eigenvalue weighted by Crippen LogP contribution is 2.29. The molecule has 2 N–H and O–H groups in total. The molecule has 2 unspecified atom stereocenters. The number of aliphatic hydroxyl groups excluding tert-OH is 2. The van der Waals surface area contributed by atoms with E-state index in [1.807, 2.05) is 0 Å². The van der Waals surface area contributed by atoms with Gasteiger partial charge in [-0.3, -0.25) is 0 Å². The van der Waals surface area contributed by atoms with Gasteiger partial charge in [0.05, 0.1) is 0 Å². The van der Waals surface area contributed by atoms with Crippen LogP contribution in [0, 0.1) is 11.8 Å². The summed E-state index contributed by atoms with van der Waals surface area (Å²) in [7, 11) is 0. The summed E-state index contributed by atoms with van der Waals surface area (Å²) in [5, 5.41) is 19.6. The molecule has 0 saturated heterocycles. The Balaban J connectivity index is 1.61. The summed E-state index contributed by atoms with van der Waals surface area (Å²) >= 11 is 0. The van der Waals surface area contributed by atoms with Crippen molar-refractivity contribution >= 4 is 6.16 Å². The maximum atomic E-state index is 11.6. The highest BCUT2D eigenvalue weighted by molar-refractivity contribution is 5.60. The van der Waals surface area contributed by atoms with Gasteiger partial charge in [0.1, 0.15) is 0 Å². The number of ether oxygens (including phenoxy) is 2. The van der Waals surface area contributed by atoms with E-state index in [-0.39, 0.29) is 0 Å². The summed E-state index contributed by atoms with van der Waals surface area (Å²) in [6, 6.07) is 0. The molecule has 22 heavy (non-hydrogen) atoms. The smallest absolute Gasteiger partial charge is 0.404 e. The average molecular weight is 314 g/mol. The molecule has 0 spiro atoms. The van der Waals surface area contributed by atoms with E-state index in [9.17, 15) is 15.0 Å². The van der Waals surface area contributed by atoms with Crippen LogP contribution >= 0.6 is 0 Å². The molecule has 2 atom stereocenters. The summed E-state index contributed by atoms with van der Waals surface area (Å²) in [6.45, 7) is 0. The van der Waals surface area contributed by atoms with Crippen molar-refractivity contribution in [3.8, 4) is 0 Å². The molecule has 2 saturated carbocycles. The van der Waals surface area contributed by atoms with Gasteiger partial charge in [0.2, 0.25) is 12.6 Å². The molecule has 0 aliphatic heterocycles. The van der Waals surface area contributed by atoms with E-state index in [0.29, 0.717) is 24.7 Å². The maximum Gasteiger partial charge on any atom is 0.512 e. The number of hydrogen-bond donors (Lipinski definition) is 2. The fourth-order valence-electron chi connectivity index (χ4n) is 3.76. The predicted molar refractivity (Wildman–Crippen MR) is 82.0 cm³/mol. The van der Waals surface area contributed by atoms with Crippen LogP contribution in [0.2, 0.25) is 0 Å². The van der Waals surface area contributed by atoms with Crippen molar-refractivity contribution < 1.29 is 24.5 Å². The molecular formula is C17H30O5. The molecule has 2 aliphatic carbocycles. The van der Waals surface area contributed by atoms with Crippen LogP contribution in [0.25, 0.3) is 0 Å². The average Bonchev–Trinajstić information content (AvgIpc) is 2.48. The zero-order valence-electron chi connectivity index (χ0n) is 13.4. The third-order valence-corrected chi connectivity index (χ3v) is 4.98. The first-order chi connectivity index (χ1) is 10.6.